The number of piperidine rings is 1. The highest BCUT2D eigenvalue weighted by Crippen LogP contribution is 2.26. The Balaban J connectivity index is 2.36. The molecule has 16 heavy (non-hydrogen) atoms. The minimum atomic E-state index is 0.440. The van der Waals surface area contributed by atoms with Crippen LogP contribution < -0.4 is 5.32 Å². The van der Waals surface area contributed by atoms with E-state index >= 15 is 0 Å². The first-order chi connectivity index (χ1) is 7.66. The van der Waals surface area contributed by atoms with Crippen molar-refractivity contribution in [1.29, 1.82) is 0 Å². The van der Waals surface area contributed by atoms with Crippen molar-refractivity contribution in [3.05, 3.63) is 0 Å². The van der Waals surface area contributed by atoms with Gasteiger partial charge in [-0.15, -0.1) is 0 Å². The summed E-state index contributed by atoms with van der Waals surface area (Å²) in [6.45, 7) is 13.1. The minimum absolute atomic E-state index is 0.440. The molecular weight excluding hydrogens is 196 g/mol. The van der Waals surface area contributed by atoms with E-state index in [0.717, 1.165) is 6.04 Å². The molecule has 0 aromatic carbocycles. The van der Waals surface area contributed by atoms with Crippen LogP contribution in [0.15, 0.2) is 0 Å². The normalized spacial score (nSPS) is 20.2. The van der Waals surface area contributed by atoms with Crippen LogP contribution in [0.5, 0.6) is 0 Å². The van der Waals surface area contributed by atoms with E-state index in [1.54, 1.807) is 0 Å². The summed E-state index contributed by atoms with van der Waals surface area (Å²) in [5, 5.41) is 3.65. The van der Waals surface area contributed by atoms with Crippen LogP contribution in [-0.2, 0) is 0 Å². The first kappa shape index (κ1) is 14.0. The summed E-state index contributed by atoms with van der Waals surface area (Å²) in [5.74, 6) is 0. The van der Waals surface area contributed by atoms with Crippen molar-refractivity contribution < 1.29 is 0 Å². The summed E-state index contributed by atoms with van der Waals surface area (Å²) < 4.78 is 0. The van der Waals surface area contributed by atoms with E-state index in [2.05, 4.69) is 37.9 Å². The molecule has 1 aliphatic heterocycles. The standard InChI is InChI=1S/C14H30N2/c1-5-10-15-13-8-11-16(12-9-13)14(4,6-2)7-3/h13,15H,5-12H2,1-4H3. The van der Waals surface area contributed by atoms with Gasteiger partial charge >= 0.3 is 0 Å². The molecule has 0 aliphatic carbocycles. The molecule has 0 amide bonds. The molecule has 0 unspecified atom stereocenters. The molecule has 2 heteroatoms. The Bertz CT molecular complexity index is 179. The van der Waals surface area contributed by atoms with Gasteiger partial charge in [-0.3, -0.25) is 4.90 Å². The molecule has 1 heterocycles. The number of hydrogen-bond donors (Lipinski definition) is 1. The van der Waals surface area contributed by atoms with Crippen molar-refractivity contribution in [3.8, 4) is 0 Å². The van der Waals surface area contributed by atoms with Crippen molar-refractivity contribution in [2.45, 2.75) is 71.4 Å². The molecule has 0 bridgehead atoms. The molecule has 0 saturated carbocycles. The summed E-state index contributed by atoms with van der Waals surface area (Å²) >= 11 is 0. The SMILES string of the molecule is CCCNC1CCN(C(C)(CC)CC)CC1. The van der Waals surface area contributed by atoms with E-state index < -0.39 is 0 Å². The van der Waals surface area contributed by atoms with Crippen LogP contribution in [0, 0.1) is 0 Å². The maximum absolute atomic E-state index is 3.65. The summed E-state index contributed by atoms with van der Waals surface area (Å²) in [7, 11) is 0. The van der Waals surface area contributed by atoms with Gasteiger partial charge in [0.1, 0.15) is 0 Å². The Hall–Kier alpha value is -0.0800. The number of likely N-dealkylation sites (tertiary alicyclic amines) is 1. The second-order valence-corrected chi connectivity index (χ2v) is 5.42. The highest BCUT2D eigenvalue weighted by molar-refractivity contribution is 4.88. The van der Waals surface area contributed by atoms with Crippen LogP contribution in [0.25, 0.3) is 0 Å². The van der Waals surface area contributed by atoms with E-state index in [9.17, 15) is 0 Å². The molecule has 1 N–H and O–H groups in total. The van der Waals surface area contributed by atoms with Crippen LogP contribution in [0.3, 0.4) is 0 Å². The van der Waals surface area contributed by atoms with Gasteiger partial charge in [0.15, 0.2) is 0 Å². The van der Waals surface area contributed by atoms with Crippen LogP contribution in [-0.4, -0.2) is 36.1 Å². The lowest BCUT2D eigenvalue weighted by Crippen LogP contribution is -2.52. The minimum Gasteiger partial charge on any atom is -0.314 e. The third-order valence-corrected chi connectivity index (χ3v) is 4.46. The molecule has 0 aromatic rings. The monoisotopic (exact) mass is 226 g/mol. The molecule has 0 radical (unpaired) electrons. The maximum Gasteiger partial charge on any atom is 0.0176 e. The average molecular weight is 226 g/mol. The van der Waals surface area contributed by atoms with Crippen molar-refractivity contribution in [3.63, 3.8) is 0 Å². The third kappa shape index (κ3) is 3.46. The van der Waals surface area contributed by atoms with Crippen LogP contribution in [0.2, 0.25) is 0 Å². The van der Waals surface area contributed by atoms with Crippen molar-refractivity contribution in [1.82, 2.24) is 10.2 Å². The fourth-order valence-corrected chi connectivity index (χ4v) is 2.67. The zero-order chi connectivity index (χ0) is 12.0. The van der Waals surface area contributed by atoms with E-state index in [1.807, 2.05) is 0 Å². The summed E-state index contributed by atoms with van der Waals surface area (Å²) in [4.78, 5) is 2.71. The molecule has 1 rings (SSSR count). The summed E-state index contributed by atoms with van der Waals surface area (Å²) in [6, 6.07) is 0.772. The maximum atomic E-state index is 3.65. The van der Waals surface area contributed by atoms with Crippen LogP contribution in [0.1, 0.15) is 59.8 Å². The lowest BCUT2D eigenvalue weighted by molar-refractivity contribution is 0.0629. The Labute approximate surface area is 102 Å². The fraction of sp³-hybridized carbons (Fsp3) is 1.00. The molecule has 0 aromatic heterocycles. The quantitative estimate of drug-likeness (QED) is 0.749. The first-order valence-electron chi connectivity index (χ1n) is 7.14. The lowest BCUT2D eigenvalue weighted by atomic mass is 9.90. The van der Waals surface area contributed by atoms with Gasteiger partial charge in [0.05, 0.1) is 0 Å². The number of hydrogen-bond acceptors (Lipinski definition) is 2. The molecule has 0 spiro atoms. The average Bonchev–Trinajstić information content (AvgIpc) is 2.36. The fourth-order valence-electron chi connectivity index (χ4n) is 2.67. The van der Waals surface area contributed by atoms with E-state index in [0.29, 0.717) is 5.54 Å². The zero-order valence-corrected chi connectivity index (χ0v) is 11.7. The Kier molecular flexibility index (Phi) is 5.77. The number of nitrogens with one attached hydrogen (secondary N) is 1. The highest BCUT2D eigenvalue weighted by Gasteiger charge is 2.31. The Morgan fingerprint density at radius 1 is 1.12 bits per heavy atom. The summed E-state index contributed by atoms with van der Waals surface area (Å²) in [6.07, 6.45) is 6.46. The third-order valence-electron chi connectivity index (χ3n) is 4.46. The zero-order valence-electron chi connectivity index (χ0n) is 11.7. The van der Waals surface area contributed by atoms with E-state index in [-0.39, 0.29) is 0 Å². The van der Waals surface area contributed by atoms with Gasteiger partial charge in [0, 0.05) is 24.7 Å². The van der Waals surface area contributed by atoms with Gasteiger partial charge in [0.2, 0.25) is 0 Å². The Morgan fingerprint density at radius 2 is 1.69 bits per heavy atom. The van der Waals surface area contributed by atoms with Gasteiger partial charge < -0.3 is 5.32 Å². The highest BCUT2D eigenvalue weighted by atomic mass is 15.2. The first-order valence-corrected chi connectivity index (χ1v) is 7.14. The van der Waals surface area contributed by atoms with Gasteiger partial charge in [-0.1, -0.05) is 20.8 Å². The predicted octanol–water partition coefficient (Wildman–Crippen LogP) is 3.03. The van der Waals surface area contributed by atoms with Crippen molar-refractivity contribution >= 4 is 0 Å². The molecule has 2 nitrogen and oxygen atoms in total. The van der Waals surface area contributed by atoms with Gasteiger partial charge in [-0.05, 0) is 45.6 Å². The van der Waals surface area contributed by atoms with Crippen LogP contribution in [0.4, 0.5) is 0 Å². The van der Waals surface area contributed by atoms with E-state index in [1.165, 1.54) is 51.7 Å². The second kappa shape index (κ2) is 6.61. The van der Waals surface area contributed by atoms with Gasteiger partial charge in [-0.2, -0.15) is 0 Å². The molecule has 1 fully saturated rings. The predicted molar refractivity (Wildman–Crippen MR) is 71.9 cm³/mol. The van der Waals surface area contributed by atoms with Crippen LogP contribution >= 0.6 is 0 Å². The molecule has 96 valence electrons. The lowest BCUT2D eigenvalue weighted by Gasteiger charge is -2.44. The Morgan fingerprint density at radius 3 is 2.12 bits per heavy atom. The van der Waals surface area contributed by atoms with Crippen molar-refractivity contribution in [2.24, 2.45) is 0 Å². The van der Waals surface area contributed by atoms with E-state index in [4.69, 9.17) is 0 Å². The molecular formula is C14H30N2. The number of rotatable bonds is 6. The molecule has 1 saturated heterocycles. The topological polar surface area (TPSA) is 15.3 Å². The molecule has 1 aliphatic rings. The van der Waals surface area contributed by atoms with Crippen molar-refractivity contribution in [2.75, 3.05) is 19.6 Å². The number of nitrogens with zero attached hydrogens (tertiary/aromatic N) is 1. The summed E-state index contributed by atoms with van der Waals surface area (Å²) in [5.41, 5.74) is 0.440. The van der Waals surface area contributed by atoms with Gasteiger partial charge in [0.25, 0.3) is 0 Å². The molecule has 0 atom stereocenters. The smallest absolute Gasteiger partial charge is 0.0176 e. The largest absolute Gasteiger partial charge is 0.314 e. The second-order valence-electron chi connectivity index (χ2n) is 5.42. The van der Waals surface area contributed by atoms with Gasteiger partial charge in [-0.25, -0.2) is 0 Å².